The van der Waals surface area contributed by atoms with Gasteiger partial charge in [0.05, 0.1) is 5.52 Å². The molecule has 7 heteroatoms. The highest BCUT2D eigenvalue weighted by Gasteiger charge is 2.23. The molecule has 1 atom stereocenters. The van der Waals surface area contributed by atoms with Crippen LogP contribution < -0.4 is 10.6 Å². The Bertz CT molecular complexity index is 1240. The quantitative estimate of drug-likeness (QED) is 0.548. The van der Waals surface area contributed by atoms with E-state index < -0.39 is 0 Å². The third-order valence-electron chi connectivity index (χ3n) is 5.72. The van der Waals surface area contributed by atoms with Crippen LogP contribution in [0.4, 0.5) is 5.95 Å². The van der Waals surface area contributed by atoms with E-state index in [1.165, 1.54) is 0 Å². The van der Waals surface area contributed by atoms with Gasteiger partial charge in [0.1, 0.15) is 6.04 Å². The molecular weight excluding hydrogens is 376 g/mol. The Morgan fingerprint density at radius 1 is 1.03 bits per heavy atom. The van der Waals surface area contributed by atoms with E-state index in [1.54, 1.807) is 4.52 Å². The minimum Gasteiger partial charge on any atom is -0.354 e. The largest absolute Gasteiger partial charge is 0.354 e. The second-order valence-electron chi connectivity index (χ2n) is 7.87. The van der Waals surface area contributed by atoms with Gasteiger partial charge in [0.2, 0.25) is 11.9 Å². The summed E-state index contributed by atoms with van der Waals surface area (Å²) in [6.07, 6.45) is 2.74. The number of nitrogens with one attached hydrogen (secondary N) is 2. The van der Waals surface area contributed by atoms with E-state index in [4.69, 9.17) is 15.1 Å². The number of hydrogen-bond acceptors (Lipinski definition) is 5. The number of anilines is 1. The highest BCUT2D eigenvalue weighted by Crippen LogP contribution is 2.28. The van der Waals surface area contributed by atoms with Crippen molar-refractivity contribution in [1.29, 1.82) is 0 Å². The van der Waals surface area contributed by atoms with Gasteiger partial charge in [0.15, 0.2) is 11.5 Å². The number of nitrogens with zero attached hydrogens (tertiary/aromatic N) is 4. The average molecular weight is 400 g/mol. The van der Waals surface area contributed by atoms with Crippen molar-refractivity contribution >= 4 is 28.4 Å². The lowest BCUT2D eigenvalue weighted by Crippen LogP contribution is -2.38. The van der Waals surface area contributed by atoms with Crippen LogP contribution in [-0.2, 0) is 4.79 Å². The van der Waals surface area contributed by atoms with Gasteiger partial charge in [0, 0.05) is 17.5 Å². The standard InChI is InChI=1S/C23H24N6O/c1-14-8-7-9-15(2)19(14)20-27-21-16-10-3-4-11-17(16)25-23(29(21)28-20)26-18-12-5-6-13-24-22(18)30/h3-4,7-11,18H,5-6,12-13H2,1-2H3,(H,24,30)(H,25,26)/t18-/m1/s1. The third-order valence-corrected chi connectivity index (χ3v) is 5.72. The summed E-state index contributed by atoms with van der Waals surface area (Å²) in [6, 6.07) is 13.7. The van der Waals surface area contributed by atoms with Crippen molar-refractivity contribution in [2.24, 2.45) is 0 Å². The number of hydrogen-bond donors (Lipinski definition) is 2. The summed E-state index contributed by atoms with van der Waals surface area (Å²) in [7, 11) is 0. The van der Waals surface area contributed by atoms with Crippen LogP contribution in [0, 0.1) is 13.8 Å². The van der Waals surface area contributed by atoms with Gasteiger partial charge in [-0.3, -0.25) is 4.79 Å². The minimum absolute atomic E-state index is 0.00527. The number of aromatic nitrogens is 4. The summed E-state index contributed by atoms with van der Waals surface area (Å²) in [5.74, 6) is 1.21. The number of aryl methyl sites for hydroxylation is 2. The van der Waals surface area contributed by atoms with Gasteiger partial charge in [-0.15, -0.1) is 5.10 Å². The van der Waals surface area contributed by atoms with Crippen LogP contribution in [0.3, 0.4) is 0 Å². The number of amides is 1. The molecule has 5 rings (SSSR count). The first-order valence-corrected chi connectivity index (χ1v) is 10.4. The molecule has 0 unspecified atom stereocenters. The van der Waals surface area contributed by atoms with Crippen LogP contribution >= 0.6 is 0 Å². The van der Waals surface area contributed by atoms with Crippen molar-refractivity contribution in [2.45, 2.75) is 39.2 Å². The van der Waals surface area contributed by atoms with Crippen molar-refractivity contribution in [3.63, 3.8) is 0 Å². The van der Waals surface area contributed by atoms with Crippen LogP contribution in [0.15, 0.2) is 42.5 Å². The Kier molecular flexibility index (Phi) is 4.58. The number of carbonyl (C=O) groups is 1. The normalized spacial score (nSPS) is 17.1. The van der Waals surface area contributed by atoms with E-state index >= 15 is 0 Å². The van der Waals surface area contributed by atoms with Gasteiger partial charge in [-0.2, -0.15) is 4.52 Å². The summed E-state index contributed by atoms with van der Waals surface area (Å²) >= 11 is 0. The molecule has 0 aliphatic carbocycles. The van der Waals surface area contributed by atoms with E-state index in [9.17, 15) is 4.79 Å². The molecule has 1 aliphatic heterocycles. The lowest BCUT2D eigenvalue weighted by molar-refractivity contribution is -0.121. The van der Waals surface area contributed by atoms with Crippen molar-refractivity contribution < 1.29 is 4.79 Å². The monoisotopic (exact) mass is 400 g/mol. The SMILES string of the molecule is Cc1cccc(C)c1-c1nc2c3ccccc3nc(N[C@@H]3CCCCNC3=O)n2n1. The number of benzene rings is 2. The molecule has 152 valence electrons. The second kappa shape index (κ2) is 7.40. The van der Waals surface area contributed by atoms with Gasteiger partial charge in [-0.1, -0.05) is 30.3 Å². The molecule has 0 saturated carbocycles. The molecule has 0 radical (unpaired) electrons. The summed E-state index contributed by atoms with van der Waals surface area (Å²) in [5, 5.41) is 12.1. The zero-order chi connectivity index (χ0) is 20.7. The fourth-order valence-electron chi connectivity index (χ4n) is 4.16. The summed E-state index contributed by atoms with van der Waals surface area (Å²) in [5.41, 5.74) is 4.84. The first kappa shape index (κ1) is 18.5. The minimum atomic E-state index is -0.336. The fourth-order valence-corrected chi connectivity index (χ4v) is 4.16. The van der Waals surface area contributed by atoms with Crippen molar-refractivity contribution in [3.8, 4) is 11.4 Å². The Morgan fingerprint density at radius 2 is 1.83 bits per heavy atom. The first-order chi connectivity index (χ1) is 14.6. The van der Waals surface area contributed by atoms with E-state index in [2.05, 4.69) is 36.6 Å². The molecule has 2 aromatic carbocycles. The average Bonchev–Trinajstić information content (AvgIpc) is 3.07. The molecule has 1 saturated heterocycles. The van der Waals surface area contributed by atoms with Crippen molar-refractivity contribution in [2.75, 3.05) is 11.9 Å². The zero-order valence-electron chi connectivity index (χ0n) is 17.1. The molecule has 1 aliphatic rings. The molecule has 1 fully saturated rings. The number of carbonyl (C=O) groups excluding carboxylic acids is 1. The summed E-state index contributed by atoms with van der Waals surface area (Å²) in [6.45, 7) is 4.86. The first-order valence-electron chi connectivity index (χ1n) is 10.4. The van der Waals surface area contributed by atoms with Gasteiger partial charge < -0.3 is 10.6 Å². The van der Waals surface area contributed by atoms with E-state index in [0.717, 1.165) is 59.0 Å². The van der Waals surface area contributed by atoms with Gasteiger partial charge in [-0.05, 0) is 56.4 Å². The molecule has 30 heavy (non-hydrogen) atoms. The molecule has 4 aromatic rings. The highest BCUT2D eigenvalue weighted by molar-refractivity contribution is 5.93. The highest BCUT2D eigenvalue weighted by atomic mass is 16.2. The molecule has 2 N–H and O–H groups in total. The van der Waals surface area contributed by atoms with Crippen LogP contribution in [0.1, 0.15) is 30.4 Å². The maximum absolute atomic E-state index is 12.5. The smallest absolute Gasteiger partial charge is 0.242 e. The van der Waals surface area contributed by atoms with Crippen molar-refractivity contribution in [1.82, 2.24) is 24.9 Å². The maximum Gasteiger partial charge on any atom is 0.242 e. The van der Waals surface area contributed by atoms with Gasteiger partial charge in [0.25, 0.3) is 0 Å². The van der Waals surface area contributed by atoms with Gasteiger partial charge in [-0.25, -0.2) is 9.97 Å². The Hall–Kier alpha value is -3.48. The van der Waals surface area contributed by atoms with Crippen LogP contribution in [0.5, 0.6) is 0 Å². The Morgan fingerprint density at radius 3 is 2.67 bits per heavy atom. The van der Waals surface area contributed by atoms with Gasteiger partial charge >= 0.3 is 0 Å². The Labute approximate surface area is 174 Å². The predicted molar refractivity (Wildman–Crippen MR) is 117 cm³/mol. The molecule has 2 aromatic heterocycles. The Balaban J connectivity index is 1.70. The van der Waals surface area contributed by atoms with Crippen LogP contribution in [-0.4, -0.2) is 38.1 Å². The zero-order valence-corrected chi connectivity index (χ0v) is 17.1. The second-order valence-corrected chi connectivity index (χ2v) is 7.87. The van der Waals surface area contributed by atoms with E-state index in [-0.39, 0.29) is 11.9 Å². The molecule has 0 spiro atoms. The third kappa shape index (κ3) is 3.16. The maximum atomic E-state index is 12.5. The van der Waals surface area contributed by atoms with E-state index in [0.29, 0.717) is 11.8 Å². The van der Waals surface area contributed by atoms with E-state index in [1.807, 2.05) is 30.3 Å². The number of rotatable bonds is 3. The van der Waals surface area contributed by atoms with Crippen molar-refractivity contribution in [3.05, 3.63) is 53.6 Å². The summed E-state index contributed by atoms with van der Waals surface area (Å²) < 4.78 is 1.74. The fraction of sp³-hybridized carbons (Fsp3) is 0.304. The molecule has 3 heterocycles. The molecular formula is C23H24N6O. The summed E-state index contributed by atoms with van der Waals surface area (Å²) in [4.78, 5) is 22.2. The molecule has 0 bridgehead atoms. The lowest BCUT2D eigenvalue weighted by Gasteiger charge is -2.16. The number of fused-ring (bicyclic) bond motifs is 3. The predicted octanol–water partition coefficient (Wildman–Crippen LogP) is 3.64. The topological polar surface area (TPSA) is 84.2 Å². The molecule has 7 nitrogen and oxygen atoms in total. The lowest BCUT2D eigenvalue weighted by atomic mass is 10.0. The number of para-hydroxylation sites is 1. The van der Waals surface area contributed by atoms with Crippen LogP contribution in [0.2, 0.25) is 0 Å². The molecule has 1 amide bonds. The van der Waals surface area contributed by atoms with Crippen LogP contribution in [0.25, 0.3) is 27.9 Å².